The number of ether oxygens (including phenoxy) is 1. The molecule has 2 fully saturated rings. The molecule has 2 aromatic carbocycles. The Morgan fingerprint density at radius 3 is 2.21 bits per heavy atom. The molecule has 4 rings (SSSR count). The number of rotatable bonds is 4. The first kappa shape index (κ1) is 19.4. The first-order chi connectivity index (χ1) is 14.1. The van der Waals surface area contributed by atoms with Gasteiger partial charge in [-0.15, -0.1) is 0 Å². The molecule has 5 nitrogen and oxygen atoms in total. The fraction of sp³-hybridized carbons (Fsp3) is 0.391. The summed E-state index contributed by atoms with van der Waals surface area (Å²) in [6.45, 7) is 2.37. The molecule has 2 heterocycles. The molecule has 29 heavy (non-hydrogen) atoms. The molecule has 2 saturated heterocycles. The van der Waals surface area contributed by atoms with Crippen LogP contribution in [0, 0.1) is 11.7 Å². The molecule has 0 N–H and O–H groups in total. The molecule has 0 aromatic heterocycles. The Morgan fingerprint density at radius 1 is 0.931 bits per heavy atom. The minimum atomic E-state index is -0.305. The zero-order valence-corrected chi connectivity index (χ0v) is 16.5. The van der Waals surface area contributed by atoms with Gasteiger partial charge >= 0.3 is 0 Å². The standard InChI is InChI=1S/C23H25FN2O3/c1-29-19-10-6-17(7-11-19)22(27)26-14-20(16-4-8-18(24)9-5-16)21(15-26)23(28)25-12-2-3-13-25/h4-11,20-21H,2-3,12-15H2,1H3. The number of hydrogen-bond acceptors (Lipinski definition) is 3. The minimum absolute atomic E-state index is 0.0989. The third-order valence-electron chi connectivity index (χ3n) is 5.98. The Bertz CT molecular complexity index is 876. The van der Waals surface area contributed by atoms with Crippen LogP contribution in [0.2, 0.25) is 0 Å². The first-order valence-corrected chi connectivity index (χ1v) is 10.0. The molecule has 2 aliphatic heterocycles. The second kappa shape index (κ2) is 8.23. The van der Waals surface area contributed by atoms with E-state index in [0.717, 1.165) is 31.5 Å². The Balaban J connectivity index is 1.58. The van der Waals surface area contributed by atoms with Crippen LogP contribution in [0.4, 0.5) is 4.39 Å². The van der Waals surface area contributed by atoms with Crippen molar-refractivity contribution in [2.45, 2.75) is 18.8 Å². The third kappa shape index (κ3) is 3.97. The maximum atomic E-state index is 13.4. The maximum Gasteiger partial charge on any atom is 0.253 e. The van der Waals surface area contributed by atoms with Gasteiger partial charge in [0.1, 0.15) is 11.6 Å². The van der Waals surface area contributed by atoms with Crippen molar-refractivity contribution in [3.8, 4) is 5.75 Å². The lowest BCUT2D eigenvalue weighted by Gasteiger charge is -2.24. The second-order valence-electron chi connectivity index (χ2n) is 7.74. The van der Waals surface area contributed by atoms with E-state index in [9.17, 15) is 14.0 Å². The highest BCUT2D eigenvalue weighted by Crippen LogP contribution is 2.35. The predicted octanol–water partition coefficient (Wildman–Crippen LogP) is 3.31. The van der Waals surface area contributed by atoms with Gasteiger partial charge < -0.3 is 14.5 Å². The molecular weight excluding hydrogens is 371 g/mol. The lowest BCUT2D eigenvalue weighted by Crippen LogP contribution is -2.37. The van der Waals surface area contributed by atoms with Crippen LogP contribution in [0.15, 0.2) is 48.5 Å². The normalized spacial score (nSPS) is 21.4. The van der Waals surface area contributed by atoms with Crippen molar-refractivity contribution in [1.82, 2.24) is 9.80 Å². The van der Waals surface area contributed by atoms with E-state index in [1.165, 1.54) is 12.1 Å². The van der Waals surface area contributed by atoms with Gasteiger partial charge in [-0.3, -0.25) is 9.59 Å². The highest BCUT2D eigenvalue weighted by molar-refractivity contribution is 5.95. The van der Waals surface area contributed by atoms with Gasteiger partial charge in [0.2, 0.25) is 5.91 Å². The fourth-order valence-electron chi connectivity index (χ4n) is 4.36. The van der Waals surface area contributed by atoms with Crippen molar-refractivity contribution < 1.29 is 18.7 Å². The minimum Gasteiger partial charge on any atom is -0.497 e. The maximum absolute atomic E-state index is 13.4. The lowest BCUT2D eigenvalue weighted by molar-refractivity contribution is -0.134. The van der Waals surface area contributed by atoms with E-state index in [1.807, 2.05) is 4.90 Å². The molecule has 2 aliphatic rings. The summed E-state index contributed by atoms with van der Waals surface area (Å²) in [5.74, 6) is -0.0559. The van der Waals surface area contributed by atoms with Gasteiger partial charge in [-0.1, -0.05) is 12.1 Å². The van der Waals surface area contributed by atoms with Crippen LogP contribution in [0.5, 0.6) is 5.75 Å². The molecule has 2 atom stereocenters. The molecule has 0 radical (unpaired) electrons. The Kier molecular flexibility index (Phi) is 5.51. The van der Waals surface area contributed by atoms with Gasteiger partial charge in [0.25, 0.3) is 5.91 Å². The Morgan fingerprint density at radius 2 is 1.59 bits per heavy atom. The van der Waals surface area contributed by atoms with Crippen LogP contribution in [0.1, 0.15) is 34.7 Å². The van der Waals surface area contributed by atoms with Gasteiger partial charge in [-0.2, -0.15) is 0 Å². The van der Waals surface area contributed by atoms with Crippen LogP contribution >= 0.6 is 0 Å². The molecule has 0 saturated carbocycles. The number of carbonyl (C=O) groups is 2. The van der Waals surface area contributed by atoms with E-state index in [4.69, 9.17) is 4.74 Å². The smallest absolute Gasteiger partial charge is 0.253 e. The highest BCUT2D eigenvalue weighted by Gasteiger charge is 2.42. The number of hydrogen-bond donors (Lipinski definition) is 0. The summed E-state index contributed by atoms with van der Waals surface area (Å²) in [7, 11) is 1.58. The summed E-state index contributed by atoms with van der Waals surface area (Å²) < 4.78 is 18.6. The summed E-state index contributed by atoms with van der Waals surface area (Å²) in [5, 5.41) is 0. The zero-order chi connectivity index (χ0) is 20.4. The molecular formula is C23H25FN2O3. The van der Waals surface area contributed by atoms with Crippen molar-refractivity contribution in [1.29, 1.82) is 0 Å². The largest absolute Gasteiger partial charge is 0.497 e. The fourth-order valence-corrected chi connectivity index (χ4v) is 4.36. The number of likely N-dealkylation sites (tertiary alicyclic amines) is 2. The van der Waals surface area contributed by atoms with Crippen molar-refractivity contribution in [2.24, 2.45) is 5.92 Å². The number of nitrogens with zero attached hydrogens (tertiary/aromatic N) is 2. The number of halogens is 1. The molecule has 6 heteroatoms. The van der Waals surface area contributed by atoms with E-state index in [1.54, 1.807) is 48.4 Å². The Labute approximate surface area is 170 Å². The quantitative estimate of drug-likeness (QED) is 0.797. The monoisotopic (exact) mass is 396 g/mol. The van der Waals surface area contributed by atoms with Gasteiger partial charge in [-0.05, 0) is 54.8 Å². The third-order valence-corrected chi connectivity index (χ3v) is 5.98. The van der Waals surface area contributed by atoms with Gasteiger partial charge in [0, 0.05) is 37.7 Å². The van der Waals surface area contributed by atoms with Gasteiger partial charge in [0.05, 0.1) is 13.0 Å². The van der Waals surface area contributed by atoms with Crippen LogP contribution in [0.3, 0.4) is 0 Å². The molecule has 2 amide bonds. The average Bonchev–Trinajstić information content (AvgIpc) is 3.44. The number of carbonyl (C=O) groups excluding carboxylic acids is 2. The number of methoxy groups -OCH3 is 1. The first-order valence-electron chi connectivity index (χ1n) is 10.0. The van der Waals surface area contributed by atoms with Crippen molar-refractivity contribution in [3.05, 3.63) is 65.5 Å². The molecule has 0 bridgehead atoms. The van der Waals surface area contributed by atoms with Crippen molar-refractivity contribution in [2.75, 3.05) is 33.3 Å². The SMILES string of the molecule is COc1ccc(C(=O)N2CC(C(=O)N3CCCC3)C(c3ccc(F)cc3)C2)cc1. The topological polar surface area (TPSA) is 49.9 Å². The van der Waals surface area contributed by atoms with Crippen LogP contribution < -0.4 is 4.74 Å². The van der Waals surface area contributed by atoms with Gasteiger partial charge in [-0.25, -0.2) is 4.39 Å². The number of amides is 2. The van der Waals surface area contributed by atoms with Crippen molar-refractivity contribution in [3.63, 3.8) is 0 Å². The van der Waals surface area contributed by atoms with Crippen molar-refractivity contribution >= 4 is 11.8 Å². The van der Waals surface area contributed by atoms with Crippen LogP contribution in [-0.4, -0.2) is 54.9 Å². The van der Waals surface area contributed by atoms with E-state index in [0.29, 0.717) is 24.4 Å². The van der Waals surface area contributed by atoms with E-state index >= 15 is 0 Å². The van der Waals surface area contributed by atoms with Crippen LogP contribution in [-0.2, 0) is 4.79 Å². The summed E-state index contributed by atoms with van der Waals surface area (Å²) in [4.78, 5) is 29.9. The molecule has 0 spiro atoms. The Hall–Kier alpha value is -2.89. The summed E-state index contributed by atoms with van der Waals surface area (Å²) in [5.41, 5.74) is 1.46. The lowest BCUT2D eigenvalue weighted by atomic mass is 9.88. The second-order valence-corrected chi connectivity index (χ2v) is 7.74. The predicted molar refractivity (Wildman–Crippen MR) is 107 cm³/mol. The summed E-state index contributed by atoms with van der Waals surface area (Å²) in [6, 6.07) is 13.3. The number of benzene rings is 2. The summed E-state index contributed by atoms with van der Waals surface area (Å²) >= 11 is 0. The average molecular weight is 396 g/mol. The van der Waals surface area contributed by atoms with E-state index in [-0.39, 0.29) is 29.5 Å². The molecule has 2 aromatic rings. The van der Waals surface area contributed by atoms with Crippen LogP contribution in [0.25, 0.3) is 0 Å². The summed E-state index contributed by atoms with van der Waals surface area (Å²) in [6.07, 6.45) is 2.04. The highest BCUT2D eigenvalue weighted by atomic mass is 19.1. The van der Waals surface area contributed by atoms with Gasteiger partial charge in [0.15, 0.2) is 0 Å². The molecule has 152 valence electrons. The molecule has 0 aliphatic carbocycles. The van der Waals surface area contributed by atoms with E-state index in [2.05, 4.69) is 0 Å². The zero-order valence-electron chi connectivity index (χ0n) is 16.5. The molecule has 2 unspecified atom stereocenters. The van der Waals surface area contributed by atoms with E-state index < -0.39 is 0 Å².